The summed E-state index contributed by atoms with van der Waals surface area (Å²) in [5.41, 5.74) is 0. The summed E-state index contributed by atoms with van der Waals surface area (Å²) in [4.78, 5) is 11.4. The Balaban J connectivity index is 1.81. The number of aliphatic hydroxyl groups excluding tert-OH is 1. The molecule has 5 heteroatoms. The van der Waals surface area contributed by atoms with Gasteiger partial charge in [-0.25, -0.2) is 0 Å². The zero-order chi connectivity index (χ0) is 12.3. The third kappa shape index (κ3) is 3.32. The summed E-state index contributed by atoms with van der Waals surface area (Å²) < 4.78 is 5.29. The number of ether oxygens (including phenoxy) is 1. The molecule has 3 atom stereocenters. The normalized spacial score (nSPS) is 36.6. The predicted octanol–water partition coefficient (Wildman–Crippen LogP) is 2.28. The number of hydrogen-bond acceptors (Lipinski definition) is 5. The number of hydrogen-bond donors (Lipinski definition) is 1. The molecule has 3 unspecified atom stereocenters. The van der Waals surface area contributed by atoms with Gasteiger partial charge in [-0.15, -0.1) is 23.5 Å². The molecule has 3 nitrogen and oxygen atoms in total. The van der Waals surface area contributed by atoms with Crippen LogP contribution in [-0.2, 0) is 9.53 Å². The zero-order valence-electron chi connectivity index (χ0n) is 10.2. The van der Waals surface area contributed by atoms with Gasteiger partial charge in [0.05, 0.1) is 17.3 Å². The third-order valence-corrected chi connectivity index (χ3v) is 7.18. The van der Waals surface area contributed by atoms with Crippen molar-refractivity contribution in [2.75, 3.05) is 19.0 Å². The van der Waals surface area contributed by atoms with Crippen molar-refractivity contribution in [3.63, 3.8) is 0 Å². The molecule has 1 aliphatic carbocycles. The van der Waals surface area contributed by atoms with E-state index in [0.29, 0.717) is 24.2 Å². The summed E-state index contributed by atoms with van der Waals surface area (Å²) in [6, 6.07) is 0. The quantitative estimate of drug-likeness (QED) is 0.798. The Morgan fingerprint density at radius 2 is 2.41 bits per heavy atom. The molecular weight excluding hydrogens is 256 g/mol. The molecule has 1 saturated heterocycles. The summed E-state index contributed by atoms with van der Waals surface area (Å²) in [5.74, 6) is 1.47. The highest BCUT2D eigenvalue weighted by molar-refractivity contribution is 8.21. The van der Waals surface area contributed by atoms with Gasteiger partial charge in [0.25, 0.3) is 0 Å². The molecule has 1 spiro atoms. The van der Waals surface area contributed by atoms with Gasteiger partial charge in [-0.3, -0.25) is 4.79 Å². The Hall–Kier alpha value is 0.130. The van der Waals surface area contributed by atoms with Crippen LogP contribution in [0.2, 0.25) is 0 Å². The second kappa shape index (κ2) is 5.85. The van der Waals surface area contributed by atoms with E-state index >= 15 is 0 Å². The molecule has 2 rings (SSSR count). The first-order chi connectivity index (χ1) is 8.17. The van der Waals surface area contributed by atoms with Crippen LogP contribution in [-0.4, -0.2) is 39.4 Å². The molecule has 0 radical (unpaired) electrons. The highest BCUT2D eigenvalue weighted by Crippen LogP contribution is 2.58. The Morgan fingerprint density at radius 1 is 1.59 bits per heavy atom. The van der Waals surface area contributed by atoms with E-state index in [1.165, 1.54) is 6.42 Å². The van der Waals surface area contributed by atoms with Crippen molar-refractivity contribution in [1.82, 2.24) is 0 Å². The molecule has 1 heterocycles. The number of esters is 1. The van der Waals surface area contributed by atoms with Crippen molar-refractivity contribution in [3.8, 4) is 0 Å². The fourth-order valence-electron chi connectivity index (χ4n) is 2.64. The molecule has 2 aliphatic rings. The van der Waals surface area contributed by atoms with Crippen LogP contribution in [0, 0.1) is 5.92 Å². The maximum atomic E-state index is 11.4. The monoisotopic (exact) mass is 276 g/mol. The van der Waals surface area contributed by atoms with E-state index in [2.05, 4.69) is 0 Å². The molecule has 0 aromatic carbocycles. The van der Waals surface area contributed by atoms with Gasteiger partial charge in [0.1, 0.15) is 0 Å². The maximum absolute atomic E-state index is 11.4. The predicted molar refractivity (Wildman–Crippen MR) is 72.2 cm³/mol. The van der Waals surface area contributed by atoms with E-state index in [0.717, 1.165) is 18.6 Å². The summed E-state index contributed by atoms with van der Waals surface area (Å²) in [6.07, 6.45) is 3.96. The fourth-order valence-corrected chi connectivity index (χ4v) is 6.46. The van der Waals surface area contributed by atoms with Gasteiger partial charge < -0.3 is 9.84 Å². The lowest BCUT2D eigenvalue weighted by Crippen LogP contribution is -2.15. The first kappa shape index (κ1) is 13.6. The lowest BCUT2D eigenvalue weighted by Gasteiger charge is -2.21. The summed E-state index contributed by atoms with van der Waals surface area (Å²) in [6.45, 7) is 2.61. The van der Waals surface area contributed by atoms with E-state index in [9.17, 15) is 9.90 Å². The van der Waals surface area contributed by atoms with Crippen LogP contribution in [0.3, 0.4) is 0 Å². The Bertz CT molecular complexity index is 285. The minimum absolute atomic E-state index is 0.0544. The molecule has 1 N–H and O–H groups in total. The Morgan fingerprint density at radius 3 is 3.06 bits per heavy atom. The number of thioether (sulfide) groups is 2. The van der Waals surface area contributed by atoms with Gasteiger partial charge in [0.15, 0.2) is 0 Å². The molecule has 0 amide bonds. The van der Waals surface area contributed by atoms with E-state index in [4.69, 9.17) is 4.74 Å². The van der Waals surface area contributed by atoms with Gasteiger partial charge >= 0.3 is 5.97 Å². The van der Waals surface area contributed by atoms with Crippen LogP contribution in [0.4, 0.5) is 0 Å². The maximum Gasteiger partial charge on any atom is 0.306 e. The van der Waals surface area contributed by atoms with Crippen molar-refractivity contribution < 1.29 is 14.6 Å². The molecule has 2 fully saturated rings. The molecule has 17 heavy (non-hydrogen) atoms. The lowest BCUT2D eigenvalue weighted by atomic mass is 10.0. The van der Waals surface area contributed by atoms with E-state index in [1.54, 1.807) is 0 Å². The second-order valence-electron chi connectivity index (χ2n) is 4.76. The van der Waals surface area contributed by atoms with Gasteiger partial charge in [0, 0.05) is 17.4 Å². The van der Waals surface area contributed by atoms with Crippen LogP contribution in [0.5, 0.6) is 0 Å². The third-order valence-electron chi connectivity index (χ3n) is 3.41. The first-order valence-corrected chi connectivity index (χ1v) is 8.12. The van der Waals surface area contributed by atoms with Gasteiger partial charge in [-0.2, -0.15) is 0 Å². The fraction of sp³-hybridized carbons (Fsp3) is 0.917. The molecule has 98 valence electrons. The van der Waals surface area contributed by atoms with Crippen LogP contribution in [0.25, 0.3) is 0 Å². The summed E-state index contributed by atoms with van der Waals surface area (Å²) in [5, 5.41) is 9.57. The minimum Gasteiger partial charge on any atom is -0.466 e. The molecule has 0 aromatic rings. The van der Waals surface area contributed by atoms with Crippen LogP contribution < -0.4 is 0 Å². The van der Waals surface area contributed by atoms with Crippen LogP contribution >= 0.6 is 23.5 Å². The molecule has 0 aromatic heterocycles. The van der Waals surface area contributed by atoms with E-state index in [1.807, 2.05) is 30.4 Å². The molecule has 1 aliphatic heterocycles. The number of aliphatic hydroxyl groups is 1. The SMILES string of the molecule is CCOC(=O)CC1CCC2(C1)SCC(CO)S2. The standard InChI is InChI=1S/C12H20O3S2/c1-2-15-11(14)5-9-3-4-12(6-9)16-8-10(7-13)17-12/h9-10,13H,2-8H2,1H3. The zero-order valence-corrected chi connectivity index (χ0v) is 11.8. The van der Waals surface area contributed by atoms with Gasteiger partial charge in [0.2, 0.25) is 0 Å². The van der Waals surface area contributed by atoms with Gasteiger partial charge in [-0.05, 0) is 32.1 Å². The van der Waals surface area contributed by atoms with Crippen molar-refractivity contribution in [2.45, 2.75) is 41.9 Å². The number of carbonyl (C=O) groups is 1. The Kier molecular flexibility index (Phi) is 4.66. The lowest BCUT2D eigenvalue weighted by molar-refractivity contribution is -0.144. The highest BCUT2D eigenvalue weighted by Gasteiger charge is 2.46. The number of carbonyl (C=O) groups excluding carboxylic acids is 1. The average molecular weight is 276 g/mol. The molecule has 0 bridgehead atoms. The summed E-state index contributed by atoms with van der Waals surface area (Å²) in [7, 11) is 0. The van der Waals surface area contributed by atoms with Gasteiger partial charge in [-0.1, -0.05) is 0 Å². The first-order valence-electron chi connectivity index (χ1n) is 6.25. The average Bonchev–Trinajstić information content (AvgIpc) is 2.87. The Labute approximate surface area is 111 Å². The highest BCUT2D eigenvalue weighted by atomic mass is 32.2. The van der Waals surface area contributed by atoms with Crippen molar-refractivity contribution in [3.05, 3.63) is 0 Å². The van der Waals surface area contributed by atoms with E-state index in [-0.39, 0.29) is 16.7 Å². The minimum atomic E-state index is -0.0544. The van der Waals surface area contributed by atoms with Crippen molar-refractivity contribution >= 4 is 29.5 Å². The smallest absolute Gasteiger partial charge is 0.306 e. The topological polar surface area (TPSA) is 46.5 Å². The van der Waals surface area contributed by atoms with Crippen molar-refractivity contribution in [1.29, 1.82) is 0 Å². The molecule has 1 saturated carbocycles. The summed E-state index contributed by atoms with van der Waals surface area (Å²) >= 11 is 3.91. The largest absolute Gasteiger partial charge is 0.466 e. The second-order valence-corrected chi connectivity index (χ2v) is 8.11. The van der Waals surface area contributed by atoms with Crippen LogP contribution in [0.1, 0.15) is 32.6 Å². The van der Waals surface area contributed by atoms with E-state index < -0.39 is 0 Å². The molecular formula is C12H20O3S2. The van der Waals surface area contributed by atoms with Crippen LogP contribution in [0.15, 0.2) is 0 Å². The number of rotatable bonds is 4. The van der Waals surface area contributed by atoms with Crippen molar-refractivity contribution in [2.24, 2.45) is 5.92 Å².